The van der Waals surface area contributed by atoms with Crippen molar-refractivity contribution in [1.29, 1.82) is 0 Å². The minimum Gasteiger partial charge on any atom is -0.311 e. The topological polar surface area (TPSA) is 6.48 Å². The van der Waals surface area contributed by atoms with Gasteiger partial charge in [-0.2, -0.15) is 0 Å². The Morgan fingerprint density at radius 2 is 0.536 bits per heavy atom. The minimum atomic E-state index is 1.09. The summed E-state index contributed by atoms with van der Waals surface area (Å²) in [6, 6.07) is 82.9. The van der Waals surface area contributed by atoms with Gasteiger partial charge < -0.3 is 9.80 Å². The molecule has 10 aromatic carbocycles. The highest BCUT2D eigenvalue weighted by Crippen LogP contribution is 2.45. The summed E-state index contributed by atoms with van der Waals surface area (Å²) < 4.78 is 0. The van der Waals surface area contributed by atoms with Gasteiger partial charge in [-0.3, -0.25) is 0 Å². The van der Waals surface area contributed by atoms with Gasteiger partial charge in [-0.25, -0.2) is 0 Å². The van der Waals surface area contributed by atoms with Crippen molar-refractivity contribution in [2.45, 2.75) is 0 Å². The van der Waals surface area contributed by atoms with Crippen LogP contribution in [0.5, 0.6) is 0 Å². The maximum Gasteiger partial charge on any atom is 0.0468 e. The molecule has 0 radical (unpaired) electrons. The standard InChI is InChI=1S/C54H38N2/c1-5-17-39(18-6-1)53-49-25-13-15-27-51(49)54(52-28-16-14-26-50(52)53)42-30-29-41-38-48(32-31-40(41)37-42)56(45-23-11-4-12-24-45)47-35-33-46(34-36-47)55(43-19-7-2-8-20-43)44-21-9-3-10-22-44/h1-38H. The summed E-state index contributed by atoms with van der Waals surface area (Å²) in [5, 5.41) is 7.45. The van der Waals surface area contributed by atoms with E-state index < -0.39 is 0 Å². The van der Waals surface area contributed by atoms with E-state index in [-0.39, 0.29) is 0 Å². The van der Waals surface area contributed by atoms with Crippen LogP contribution in [0, 0.1) is 0 Å². The third kappa shape index (κ3) is 6.04. The first-order valence-electron chi connectivity index (χ1n) is 19.2. The Bertz CT molecular complexity index is 2850. The van der Waals surface area contributed by atoms with E-state index in [4.69, 9.17) is 0 Å². The van der Waals surface area contributed by atoms with Crippen molar-refractivity contribution in [3.05, 3.63) is 231 Å². The molecule has 0 saturated carbocycles. The highest BCUT2D eigenvalue weighted by atomic mass is 15.2. The molecule has 2 heteroatoms. The number of nitrogens with zero attached hydrogens (tertiary/aromatic N) is 2. The monoisotopic (exact) mass is 714 g/mol. The number of anilines is 6. The quantitative estimate of drug-likeness (QED) is 0.145. The molecule has 2 nitrogen and oxygen atoms in total. The minimum absolute atomic E-state index is 1.09. The molecule has 0 unspecified atom stereocenters. The summed E-state index contributed by atoms with van der Waals surface area (Å²) in [5.41, 5.74) is 11.7. The van der Waals surface area contributed by atoms with Gasteiger partial charge in [-0.1, -0.05) is 152 Å². The number of fused-ring (bicyclic) bond motifs is 3. The van der Waals surface area contributed by atoms with Crippen LogP contribution in [0.15, 0.2) is 231 Å². The van der Waals surface area contributed by atoms with Crippen LogP contribution in [0.25, 0.3) is 54.6 Å². The first-order chi connectivity index (χ1) is 27.8. The number of hydrogen-bond donors (Lipinski definition) is 0. The number of para-hydroxylation sites is 3. The lowest BCUT2D eigenvalue weighted by Crippen LogP contribution is -2.12. The average Bonchev–Trinajstić information content (AvgIpc) is 3.27. The lowest BCUT2D eigenvalue weighted by Gasteiger charge is -2.28. The SMILES string of the molecule is c1ccc(-c2c3ccccc3c(-c3ccc4cc(N(c5ccccc5)c5ccc(N(c6ccccc6)c6ccccc6)cc5)ccc4c3)c3ccccc23)cc1. The Labute approximate surface area is 327 Å². The summed E-state index contributed by atoms with van der Waals surface area (Å²) in [5.74, 6) is 0. The molecule has 0 heterocycles. The van der Waals surface area contributed by atoms with Gasteiger partial charge in [0, 0.05) is 34.1 Å². The second-order valence-electron chi connectivity index (χ2n) is 14.1. The van der Waals surface area contributed by atoms with Crippen molar-refractivity contribution in [2.75, 3.05) is 9.80 Å². The second-order valence-corrected chi connectivity index (χ2v) is 14.1. The van der Waals surface area contributed by atoms with Gasteiger partial charge in [-0.15, -0.1) is 0 Å². The summed E-state index contributed by atoms with van der Waals surface area (Å²) in [4.78, 5) is 4.64. The normalized spacial score (nSPS) is 11.2. The van der Waals surface area contributed by atoms with E-state index in [0.717, 1.165) is 34.1 Å². The Hall–Kier alpha value is -7.42. The predicted octanol–water partition coefficient (Wildman–Crippen LogP) is 15.4. The van der Waals surface area contributed by atoms with Gasteiger partial charge in [0.05, 0.1) is 0 Å². The fourth-order valence-corrected chi connectivity index (χ4v) is 8.26. The highest BCUT2D eigenvalue weighted by molar-refractivity contribution is 6.21. The molecule has 0 spiro atoms. The summed E-state index contributed by atoms with van der Waals surface area (Å²) in [6.07, 6.45) is 0. The molecule has 10 aromatic rings. The van der Waals surface area contributed by atoms with Gasteiger partial charge in [0.2, 0.25) is 0 Å². The molecule has 264 valence electrons. The third-order valence-electron chi connectivity index (χ3n) is 10.8. The maximum absolute atomic E-state index is 2.36. The van der Waals surface area contributed by atoms with Crippen molar-refractivity contribution in [2.24, 2.45) is 0 Å². The lowest BCUT2D eigenvalue weighted by atomic mass is 9.85. The van der Waals surface area contributed by atoms with Crippen LogP contribution < -0.4 is 9.80 Å². The van der Waals surface area contributed by atoms with E-state index in [0.29, 0.717) is 0 Å². The molecule has 10 rings (SSSR count). The smallest absolute Gasteiger partial charge is 0.0468 e. The first kappa shape index (κ1) is 33.2. The zero-order chi connectivity index (χ0) is 37.3. The summed E-state index contributed by atoms with van der Waals surface area (Å²) in [6.45, 7) is 0. The van der Waals surface area contributed by atoms with Crippen LogP contribution in [-0.4, -0.2) is 0 Å². The van der Waals surface area contributed by atoms with E-state index in [1.165, 1.54) is 54.6 Å². The van der Waals surface area contributed by atoms with Crippen LogP contribution in [0.3, 0.4) is 0 Å². The van der Waals surface area contributed by atoms with Crippen molar-refractivity contribution < 1.29 is 0 Å². The van der Waals surface area contributed by atoms with Crippen molar-refractivity contribution in [3.8, 4) is 22.3 Å². The fourth-order valence-electron chi connectivity index (χ4n) is 8.26. The molecule has 0 aliphatic carbocycles. The summed E-state index contributed by atoms with van der Waals surface area (Å²) in [7, 11) is 0. The highest BCUT2D eigenvalue weighted by Gasteiger charge is 2.19. The fraction of sp³-hybridized carbons (Fsp3) is 0. The Morgan fingerprint density at radius 1 is 0.214 bits per heavy atom. The van der Waals surface area contributed by atoms with Gasteiger partial charge in [0.1, 0.15) is 0 Å². The van der Waals surface area contributed by atoms with E-state index in [1.54, 1.807) is 0 Å². The average molecular weight is 715 g/mol. The largest absolute Gasteiger partial charge is 0.311 e. The third-order valence-corrected chi connectivity index (χ3v) is 10.8. The van der Waals surface area contributed by atoms with Crippen LogP contribution >= 0.6 is 0 Å². The van der Waals surface area contributed by atoms with Gasteiger partial charge in [-0.05, 0) is 133 Å². The first-order valence-corrected chi connectivity index (χ1v) is 19.2. The van der Waals surface area contributed by atoms with Crippen molar-refractivity contribution in [1.82, 2.24) is 0 Å². The van der Waals surface area contributed by atoms with Crippen LogP contribution in [-0.2, 0) is 0 Å². The van der Waals surface area contributed by atoms with E-state index in [9.17, 15) is 0 Å². The van der Waals surface area contributed by atoms with Crippen LogP contribution in [0.2, 0.25) is 0 Å². The van der Waals surface area contributed by atoms with E-state index >= 15 is 0 Å². The molecule has 0 fully saturated rings. The zero-order valence-electron chi connectivity index (χ0n) is 30.8. The van der Waals surface area contributed by atoms with E-state index in [2.05, 4.69) is 240 Å². The van der Waals surface area contributed by atoms with Crippen LogP contribution in [0.4, 0.5) is 34.1 Å². The second kappa shape index (κ2) is 14.4. The van der Waals surface area contributed by atoms with Gasteiger partial charge in [0.15, 0.2) is 0 Å². The molecule has 0 saturated heterocycles. The molecule has 0 aliphatic heterocycles. The Kier molecular flexibility index (Phi) is 8.55. The van der Waals surface area contributed by atoms with Crippen molar-refractivity contribution >= 4 is 66.4 Å². The van der Waals surface area contributed by atoms with Crippen molar-refractivity contribution in [3.63, 3.8) is 0 Å². The molecule has 56 heavy (non-hydrogen) atoms. The number of rotatable bonds is 8. The predicted molar refractivity (Wildman–Crippen MR) is 239 cm³/mol. The Morgan fingerprint density at radius 3 is 1.00 bits per heavy atom. The molecular formula is C54H38N2. The van der Waals surface area contributed by atoms with Gasteiger partial charge in [0.25, 0.3) is 0 Å². The lowest BCUT2D eigenvalue weighted by molar-refractivity contribution is 1.26. The molecule has 0 N–H and O–H groups in total. The molecule has 0 atom stereocenters. The molecule has 0 aliphatic rings. The summed E-state index contributed by atoms with van der Waals surface area (Å²) >= 11 is 0. The molecule has 0 bridgehead atoms. The molecule has 0 aromatic heterocycles. The zero-order valence-corrected chi connectivity index (χ0v) is 30.8. The van der Waals surface area contributed by atoms with E-state index in [1.807, 2.05) is 0 Å². The van der Waals surface area contributed by atoms with Gasteiger partial charge >= 0.3 is 0 Å². The van der Waals surface area contributed by atoms with Crippen LogP contribution in [0.1, 0.15) is 0 Å². The Balaban J connectivity index is 1.07. The molecular weight excluding hydrogens is 677 g/mol. The maximum atomic E-state index is 2.36. The number of benzene rings is 10. The number of hydrogen-bond acceptors (Lipinski definition) is 2. The molecule has 0 amide bonds.